The molecule has 0 aliphatic carbocycles. The molecule has 7 heteroatoms. The highest BCUT2D eigenvalue weighted by Crippen LogP contribution is 2.29. The number of non-ortho nitro benzene ring substituents is 1. The van der Waals surface area contributed by atoms with Crippen LogP contribution in [0.25, 0.3) is 0 Å². The van der Waals surface area contributed by atoms with Crippen molar-refractivity contribution in [2.45, 2.75) is 19.3 Å². The van der Waals surface area contributed by atoms with Gasteiger partial charge in [0.25, 0.3) is 11.6 Å². The van der Waals surface area contributed by atoms with Crippen LogP contribution in [0.15, 0.2) is 42.5 Å². The number of nitro benzene ring substituents is 1. The summed E-state index contributed by atoms with van der Waals surface area (Å²) in [5, 5.41) is 14.5. The second-order valence-electron chi connectivity index (χ2n) is 5.97. The molecule has 0 radical (unpaired) electrons. The number of nitrogens with zero attached hydrogens (tertiary/aromatic N) is 2. The molecule has 130 valence electrons. The summed E-state index contributed by atoms with van der Waals surface area (Å²) in [7, 11) is 0. The van der Waals surface area contributed by atoms with Crippen molar-refractivity contribution in [2.75, 3.05) is 23.3 Å². The topological polar surface area (TPSA) is 75.5 Å². The third kappa shape index (κ3) is 4.09. The summed E-state index contributed by atoms with van der Waals surface area (Å²) in [5.74, 6) is -0.369. The Labute approximate surface area is 150 Å². The van der Waals surface area contributed by atoms with Gasteiger partial charge in [-0.25, -0.2) is 0 Å². The van der Waals surface area contributed by atoms with Crippen LogP contribution in [0.4, 0.5) is 17.1 Å². The summed E-state index contributed by atoms with van der Waals surface area (Å²) in [5.41, 5.74) is 1.54. The summed E-state index contributed by atoms with van der Waals surface area (Å²) in [4.78, 5) is 25.5. The van der Waals surface area contributed by atoms with E-state index in [0.29, 0.717) is 16.3 Å². The number of hydrogen-bond acceptors (Lipinski definition) is 4. The van der Waals surface area contributed by atoms with E-state index in [4.69, 9.17) is 11.6 Å². The van der Waals surface area contributed by atoms with Gasteiger partial charge >= 0.3 is 0 Å². The summed E-state index contributed by atoms with van der Waals surface area (Å²) in [6.07, 6.45) is 3.26. The Kier molecular flexibility index (Phi) is 5.19. The molecule has 0 bridgehead atoms. The van der Waals surface area contributed by atoms with Gasteiger partial charge in [0.15, 0.2) is 0 Å². The van der Waals surface area contributed by atoms with Crippen molar-refractivity contribution in [3.63, 3.8) is 0 Å². The zero-order chi connectivity index (χ0) is 17.8. The van der Waals surface area contributed by atoms with E-state index in [1.54, 1.807) is 30.3 Å². The van der Waals surface area contributed by atoms with Gasteiger partial charge in [0.05, 0.1) is 16.2 Å². The van der Waals surface area contributed by atoms with Gasteiger partial charge in [-0.2, -0.15) is 0 Å². The lowest BCUT2D eigenvalue weighted by atomic mass is 10.1. The molecular weight excluding hydrogens is 342 g/mol. The highest BCUT2D eigenvalue weighted by Gasteiger charge is 2.22. The number of rotatable bonds is 4. The summed E-state index contributed by atoms with van der Waals surface area (Å²) in [6, 6.07) is 11.2. The Hall–Kier alpha value is -2.60. The number of carbonyl (C=O) groups is 1. The maximum Gasteiger partial charge on any atom is 0.270 e. The third-order valence-electron chi connectivity index (χ3n) is 4.23. The Morgan fingerprint density at radius 3 is 2.40 bits per heavy atom. The van der Waals surface area contributed by atoms with E-state index in [2.05, 4.69) is 10.2 Å². The van der Waals surface area contributed by atoms with Gasteiger partial charge in [-0.3, -0.25) is 14.9 Å². The Bertz CT molecular complexity index is 787. The van der Waals surface area contributed by atoms with Crippen LogP contribution < -0.4 is 10.2 Å². The van der Waals surface area contributed by atoms with E-state index in [-0.39, 0.29) is 11.6 Å². The Balaban J connectivity index is 1.92. The molecule has 3 rings (SSSR count). The maximum atomic E-state index is 12.7. The van der Waals surface area contributed by atoms with E-state index in [1.807, 2.05) is 0 Å². The molecule has 0 unspecified atom stereocenters. The lowest BCUT2D eigenvalue weighted by Crippen LogP contribution is -2.31. The SMILES string of the molecule is O=C(Nc1ccc(Cl)cc1)c1cc([N+](=O)[O-])ccc1N1CCCCC1. The minimum atomic E-state index is -0.487. The minimum absolute atomic E-state index is 0.0954. The van der Waals surface area contributed by atoms with E-state index < -0.39 is 4.92 Å². The van der Waals surface area contributed by atoms with Crippen molar-refractivity contribution < 1.29 is 9.72 Å². The number of amides is 1. The fourth-order valence-corrected chi connectivity index (χ4v) is 3.09. The quantitative estimate of drug-likeness (QED) is 0.644. The largest absolute Gasteiger partial charge is 0.371 e. The van der Waals surface area contributed by atoms with Crippen molar-refractivity contribution in [1.29, 1.82) is 0 Å². The first-order valence-corrected chi connectivity index (χ1v) is 8.53. The Morgan fingerprint density at radius 1 is 1.08 bits per heavy atom. The van der Waals surface area contributed by atoms with Crippen LogP contribution in [0.3, 0.4) is 0 Å². The second kappa shape index (κ2) is 7.53. The molecule has 25 heavy (non-hydrogen) atoms. The number of anilines is 2. The number of piperidine rings is 1. The Morgan fingerprint density at radius 2 is 1.76 bits per heavy atom. The lowest BCUT2D eigenvalue weighted by Gasteiger charge is -2.30. The van der Waals surface area contributed by atoms with Gasteiger partial charge in [0.2, 0.25) is 0 Å². The van der Waals surface area contributed by atoms with Gasteiger partial charge in [-0.05, 0) is 49.6 Å². The summed E-state index contributed by atoms with van der Waals surface area (Å²) >= 11 is 5.85. The molecule has 0 spiro atoms. The van der Waals surface area contributed by atoms with Crippen LogP contribution in [0.5, 0.6) is 0 Å². The number of nitrogens with one attached hydrogen (secondary N) is 1. The average Bonchev–Trinajstić information content (AvgIpc) is 2.63. The van der Waals surface area contributed by atoms with Crippen molar-refractivity contribution >= 4 is 34.6 Å². The first-order valence-electron chi connectivity index (χ1n) is 8.15. The van der Waals surface area contributed by atoms with Crippen molar-refractivity contribution in [3.05, 3.63) is 63.2 Å². The van der Waals surface area contributed by atoms with Crippen LogP contribution >= 0.6 is 11.6 Å². The van der Waals surface area contributed by atoms with Crippen LogP contribution in [0, 0.1) is 10.1 Å². The van der Waals surface area contributed by atoms with Gasteiger partial charge in [0.1, 0.15) is 0 Å². The van der Waals surface area contributed by atoms with Crippen molar-refractivity contribution in [1.82, 2.24) is 0 Å². The molecule has 1 fully saturated rings. The van der Waals surface area contributed by atoms with E-state index in [0.717, 1.165) is 38.0 Å². The predicted molar refractivity (Wildman–Crippen MR) is 98.6 cm³/mol. The van der Waals surface area contributed by atoms with Gasteiger partial charge < -0.3 is 10.2 Å². The number of hydrogen-bond donors (Lipinski definition) is 1. The van der Waals surface area contributed by atoms with Crippen molar-refractivity contribution in [2.24, 2.45) is 0 Å². The molecule has 0 saturated carbocycles. The molecular formula is C18H18ClN3O3. The molecule has 1 aliphatic heterocycles. The first kappa shape index (κ1) is 17.2. The zero-order valence-corrected chi connectivity index (χ0v) is 14.3. The number of halogens is 1. The van der Waals surface area contributed by atoms with Crippen molar-refractivity contribution in [3.8, 4) is 0 Å². The number of nitro groups is 1. The first-order chi connectivity index (χ1) is 12.0. The van der Waals surface area contributed by atoms with Crippen LogP contribution in [0.1, 0.15) is 29.6 Å². The highest BCUT2D eigenvalue weighted by molar-refractivity contribution is 6.30. The number of carbonyl (C=O) groups excluding carboxylic acids is 1. The minimum Gasteiger partial charge on any atom is -0.371 e. The molecule has 6 nitrogen and oxygen atoms in total. The van der Waals surface area contributed by atoms with E-state index >= 15 is 0 Å². The van der Waals surface area contributed by atoms with E-state index in [1.165, 1.54) is 12.1 Å². The monoisotopic (exact) mass is 359 g/mol. The van der Waals surface area contributed by atoms with Crippen LogP contribution in [0.2, 0.25) is 5.02 Å². The molecule has 1 amide bonds. The second-order valence-corrected chi connectivity index (χ2v) is 6.40. The van der Waals surface area contributed by atoms with Gasteiger partial charge in [-0.15, -0.1) is 0 Å². The molecule has 1 saturated heterocycles. The normalized spacial score (nSPS) is 14.2. The average molecular weight is 360 g/mol. The molecule has 0 aromatic heterocycles. The lowest BCUT2D eigenvalue weighted by molar-refractivity contribution is -0.384. The number of benzene rings is 2. The molecule has 1 N–H and O–H groups in total. The molecule has 1 aliphatic rings. The van der Waals surface area contributed by atoms with Gasteiger partial charge in [0, 0.05) is 35.9 Å². The fraction of sp³-hybridized carbons (Fsp3) is 0.278. The molecule has 1 heterocycles. The van der Waals surface area contributed by atoms with E-state index in [9.17, 15) is 14.9 Å². The predicted octanol–water partition coefficient (Wildman–Crippen LogP) is 4.49. The fourth-order valence-electron chi connectivity index (χ4n) is 2.96. The molecule has 2 aromatic carbocycles. The molecule has 2 aromatic rings. The van der Waals surface area contributed by atoms with Crippen LogP contribution in [-0.2, 0) is 0 Å². The third-order valence-corrected chi connectivity index (χ3v) is 4.49. The van der Waals surface area contributed by atoms with Gasteiger partial charge in [-0.1, -0.05) is 11.6 Å². The van der Waals surface area contributed by atoms with Crippen LogP contribution in [-0.4, -0.2) is 23.9 Å². The standard InChI is InChI=1S/C18H18ClN3O3/c19-13-4-6-14(7-5-13)20-18(23)16-12-15(22(24)25)8-9-17(16)21-10-2-1-3-11-21/h4-9,12H,1-3,10-11H2,(H,20,23). The smallest absolute Gasteiger partial charge is 0.270 e. The molecule has 0 atom stereocenters. The summed E-state index contributed by atoms with van der Waals surface area (Å²) in [6.45, 7) is 1.69. The zero-order valence-electron chi connectivity index (χ0n) is 13.6. The highest BCUT2D eigenvalue weighted by atomic mass is 35.5. The maximum absolute atomic E-state index is 12.7. The summed E-state index contributed by atoms with van der Waals surface area (Å²) < 4.78 is 0.